The number of carbonyl (C=O) groups is 2. The fourth-order valence-electron chi connectivity index (χ4n) is 4.20. The molecule has 2 heterocycles. The highest BCUT2D eigenvalue weighted by molar-refractivity contribution is 5.95. The second-order valence-corrected chi connectivity index (χ2v) is 8.44. The van der Waals surface area contributed by atoms with Gasteiger partial charge in [-0.15, -0.1) is 0 Å². The van der Waals surface area contributed by atoms with Crippen molar-refractivity contribution in [2.75, 3.05) is 50.1 Å². The number of amides is 2. The van der Waals surface area contributed by atoms with E-state index in [1.807, 2.05) is 62.4 Å². The monoisotopic (exact) mass is 446 g/mol. The van der Waals surface area contributed by atoms with Gasteiger partial charge in [0, 0.05) is 42.6 Å². The van der Waals surface area contributed by atoms with Crippen LogP contribution in [0.2, 0.25) is 0 Å². The molecule has 1 aromatic heterocycles. The molecule has 0 saturated carbocycles. The lowest BCUT2D eigenvalue weighted by Gasteiger charge is -2.28. The number of aromatic nitrogens is 1. The van der Waals surface area contributed by atoms with Crippen molar-refractivity contribution in [3.05, 3.63) is 65.4 Å². The number of pyridine rings is 1. The molecular weight excluding hydrogens is 416 g/mol. The van der Waals surface area contributed by atoms with E-state index in [1.54, 1.807) is 7.05 Å². The molecule has 0 spiro atoms. The van der Waals surface area contributed by atoms with Crippen molar-refractivity contribution in [1.82, 2.24) is 9.88 Å². The van der Waals surface area contributed by atoms with Crippen LogP contribution in [-0.4, -0.2) is 61.6 Å². The summed E-state index contributed by atoms with van der Waals surface area (Å²) in [6.07, 6.45) is 0.216. The van der Waals surface area contributed by atoms with E-state index in [0.717, 1.165) is 59.7 Å². The summed E-state index contributed by atoms with van der Waals surface area (Å²) in [7, 11) is 1.66. The van der Waals surface area contributed by atoms with Crippen molar-refractivity contribution >= 4 is 34.1 Å². The molecule has 2 aromatic carbocycles. The van der Waals surface area contributed by atoms with Crippen LogP contribution in [0.15, 0.2) is 48.5 Å². The number of carbonyl (C=O) groups excluding carboxylic acids is 2. The van der Waals surface area contributed by atoms with E-state index in [-0.39, 0.29) is 24.8 Å². The van der Waals surface area contributed by atoms with Gasteiger partial charge in [-0.25, -0.2) is 0 Å². The maximum Gasteiger partial charge on any atom is 0.243 e. The van der Waals surface area contributed by atoms with Gasteiger partial charge in [0.25, 0.3) is 0 Å². The third kappa shape index (κ3) is 5.31. The molecule has 0 atom stereocenters. The number of anilines is 2. The van der Waals surface area contributed by atoms with Crippen molar-refractivity contribution in [2.24, 2.45) is 0 Å². The summed E-state index contributed by atoms with van der Waals surface area (Å²) in [6, 6.07) is 15.7. The molecule has 1 N–H and O–H groups in total. The van der Waals surface area contributed by atoms with Crippen LogP contribution in [0.4, 0.5) is 11.4 Å². The van der Waals surface area contributed by atoms with Gasteiger partial charge in [-0.1, -0.05) is 18.2 Å². The first-order valence-corrected chi connectivity index (χ1v) is 11.2. The number of nitrogens with one attached hydrogen (secondary N) is 1. The third-order valence-electron chi connectivity index (χ3n) is 6.15. The number of hydrogen-bond donors (Lipinski definition) is 1. The quantitative estimate of drug-likeness (QED) is 0.629. The molecule has 172 valence electrons. The zero-order chi connectivity index (χ0) is 23.4. The van der Waals surface area contributed by atoms with E-state index in [9.17, 15) is 9.59 Å². The minimum absolute atomic E-state index is 0.0108. The number of fused-ring (bicyclic) bond motifs is 1. The number of aryl methyl sites for hydroxylation is 2. The maximum absolute atomic E-state index is 12.9. The number of likely N-dealkylation sites (N-methyl/N-ethyl adjacent to an activating group) is 1. The van der Waals surface area contributed by atoms with Crippen LogP contribution in [0.5, 0.6) is 0 Å². The SMILES string of the molecule is Cc1nc2ccccc2c(C)c1CC(=O)N(C)CC(=O)Nc1ccc(N2CCOCC2)cc1. The molecule has 7 nitrogen and oxygen atoms in total. The zero-order valence-corrected chi connectivity index (χ0v) is 19.4. The van der Waals surface area contributed by atoms with Crippen molar-refractivity contribution in [2.45, 2.75) is 20.3 Å². The van der Waals surface area contributed by atoms with Crippen LogP contribution >= 0.6 is 0 Å². The topological polar surface area (TPSA) is 74.8 Å². The van der Waals surface area contributed by atoms with Gasteiger partial charge in [0.15, 0.2) is 0 Å². The van der Waals surface area contributed by atoms with E-state index >= 15 is 0 Å². The molecule has 0 bridgehead atoms. The number of benzene rings is 2. The Morgan fingerprint density at radius 1 is 1.06 bits per heavy atom. The minimum Gasteiger partial charge on any atom is -0.378 e. The van der Waals surface area contributed by atoms with Gasteiger partial charge in [0.1, 0.15) is 0 Å². The first-order valence-electron chi connectivity index (χ1n) is 11.2. The second kappa shape index (κ2) is 10.0. The summed E-state index contributed by atoms with van der Waals surface area (Å²) in [6.45, 7) is 7.13. The first kappa shape index (κ1) is 22.7. The fourth-order valence-corrected chi connectivity index (χ4v) is 4.20. The lowest BCUT2D eigenvalue weighted by molar-refractivity contribution is -0.132. The van der Waals surface area contributed by atoms with Gasteiger partial charge in [0.05, 0.1) is 31.7 Å². The summed E-state index contributed by atoms with van der Waals surface area (Å²) in [5.41, 5.74) is 5.57. The van der Waals surface area contributed by atoms with E-state index in [2.05, 4.69) is 15.2 Å². The van der Waals surface area contributed by atoms with Crippen molar-refractivity contribution < 1.29 is 14.3 Å². The van der Waals surface area contributed by atoms with Gasteiger partial charge in [-0.2, -0.15) is 0 Å². The summed E-state index contributed by atoms with van der Waals surface area (Å²) >= 11 is 0. The normalized spacial score (nSPS) is 13.7. The first-order chi connectivity index (χ1) is 15.9. The van der Waals surface area contributed by atoms with Gasteiger partial charge >= 0.3 is 0 Å². The minimum atomic E-state index is -0.227. The molecule has 1 saturated heterocycles. The van der Waals surface area contributed by atoms with E-state index in [1.165, 1.54) is 4.90 Å². The Labute approximate surface area is 194 Å². The van der Waals surface area contributed by atoms with Gasteiger partial charge in [-0.3, -0.25) is 14.6 Å². The maximum atomic E-state index is 12.9. The number of ether oxygens (including phenoxy) is 1. The smallest absolute Gasteiger partial charge is 0.243 e. The van der Waals surface area contributed by atoms with Crippen molar-refractivity contribution in [3.8, 4) is 0 Å². The van der Waals surface area contributed by atoms with Gasteiger partial charge in [0.2, 0.25) is 11.8 Å². The standard InChI is InChI=1S/C26H30N4O3/c1-18-22-6-4-5-7-24(22)27-19(2)23(18)16-26(32)29(3)17-25(31)28-20-8-10-21(11-9-20)30-12-14-33-15-13-30/h4-11H,12-17H2,1-3H3,(H,28,31). The van der Waals surface area contributed by atoms with Crippen LogP contribution in [0.1, 0.15) is 16.8 Å². The zero-order valence-electron chi connectivity index (χ0n) is 19.4. The molecule has 7 heteroatoms. The van der Waals surface area contributed by atoms with E-state index < -0.39 is 0 Å². The van der Waals surface area contributed by atoms with Crippen LogP contribution in [-0.2, 0) is 20.7 Å². The number of nitrogens with zero attached hydrogens (tertiary/aromatic N) is 3. The number of rotatable bonds is 6. The van der Waals surface area contributed by atoms with E-state index in [0.29, 0.717) is 5.69 Å². The Kier molecular flexibility index (Phi) is 6.89. The largest absolute Gasteiger partial charge is 0.378 e. The van der Waals surface area contributed by atoms with Crippen molar-refractivity contribution in [3.63, 3.8) is 0 Å². The Hall–Kier alpha value is -3.45. The molecule has 3 aromatic rings. The fraction of sp³-hybridized carbons (Fsp3) is 0.346. The van der Waals surface area contributed by atoms with E-state index in [4.69, 9.17) is 4.74 Å². The highest BCUT2D eigenvalue weighted by Gasteiger charge is 2.18. The third-order valence-corrected chi connectivity index (χ3v) is 6.15. The molecular formula is C26H30N4O3. The molecule has 1 aliphatic rings. The molecule has 0 radical (unpaired) electrons. The molecule has 1 fully saturated rings. The summed E-state index contributed by atoms with van der Waals surface area (Å²) < 4.78 is 5.39. The predicted octanol–water partition coefficient (Wildman–Crippen LogP) is 3.33. The molecule has 2 amide bonds. The average Bonchev–Trinajstić information content (AvgIpc) is 2.82. The molecule has 0 unspecified atom stereocenters. The average molecular weight is 447 g/mol. The number of morpholine rings is 1. The van der Waals surface area contributed by atoms with Gasteiger partial charge < -0.3 is 19.9 Å². The molecule has 33 heavy (non-hydrogen) atoms. The number of para-hydroxylation sites is 1. The Bertz CT molecular complexity index is 1150. The lowest BCUT2D eigenvalue weighted by atomic mass is 9.99. The summed E-state index contributed by atoms with van der Waals surface area (Å²) in [4.78, 5) is 33.8. The molecule has 0 aliphatic carbocycles. The predicted molar refractivity (Wildman–Crippen MR) is 131 cm³/mol. The van der Waals surface area contributed by atoms with Gasteiger partial charge in [-0.05, 0) is 55.3 Å². The Morgan fingerprint density at radius 3 is 2.48 bits per heavy atom. The second-order valence-electron chi connectivity index (χ2n) is 8.44. The van der Waals surface area contributed by atoms with Crippen LogP contribution < -0.4 is 10.2 Å². The molecule has 1 aliphatic heterocycles. The Balaban J connectivity index is 1.35. The summed E-state index contributed by atoms with van der Waals surface area (Å²) in [5.74, 6) is -0.342. The van der Waals surface area contributed by atoms with Crippen LogP contribution in [0, 0.1) is 13.8 Å². The van der Waals surface area contributed by atoms with Crippen LogP contribution in [0.3, 0.4) is 0 Å². The Morgan fingerprint density at radius 2 is 1.76 bits per heavy atom. The lowest BCUT2D eigenvalue weighted by Crippen LogP contribution is -2.36. The summed E-state index contributed by atoms with van der Waals surface area (Å²) in [5, 5.41) is 3.93. The molecule has 4 rings (SSSR count). The number of hydrogen-bond acceptors (Lipinski definition) is 5. The highest BCUT2D eigenvalue weighted by atomic mass is 16.5. The van der Waals surface area contributed by atoms with Crippen molar-refractivity contribution in [1.29, 1.82) is 0 Å². The van der Waals surface area contributed by atoms with Crippen LogP contribution in [0.25, 0.3) is 10.9 Å². The highest BCUT2D eigenvalue weighted by Crippen LogP contribution is 2.23.